The van der Waals surface area contributed by atoms with Gasteiger partial charge in [0, 0.05) is 25.5 Å². The fourth-order valence-electron chi connectivity index (χ4n) is 5.05. The van der Waals surface area contributed by atoms with E-state index in [1.165, 1.54) is 36.1 Å². The molecule has 2 aliphatic carbocycles. The van der Waals surface area contributed by atoms with Crippen LogP contribution in [0, 0.1) is 11.8 Å². The van der Waals surface area contributed by atoms with Crippen molar-refractivity contribution in [3.63, 3.8) is 0 Å². The standard InChI is InChI=1S/C29H35N3O6S/c1-3-24-17-29(24,30-27(34)19-32(21(2)33)18-22-10-7-8-11-22)28(35)31-39(36,37)26-15-9-14-25(16-26)38-20-23-12-5-4-6-13-23/h3-6,9,12-16,22,24H,1,7-8,10-11,17-20H2,2H3,(H,30,34)(H,31,35)/t24-,29-/m1/s1. The van der Waals surface area contributed by atoms with Gasteiger partial charge in [-0.15, -0.1) is 6.58 Å². The topological polar surface area (TPSA) is 122 Å². The summed E-state index contributed by atoms with van der Waals surface area (Å²) in [5.41, 5.74) is -0.518. The zero-order valence-electron chi connectivity index (χ0n) is 22.1. The number of ether oxygens (including phenoxy) is 1. The lowest BCUT2D eigenvalue weighted by atomic mass is 10.1. The van der Waals surface area contributed by atoms with Gasteiger partial charge in [0.15, 0.2) is 0 Å². The summed E-state index contributed by atoms with van der Waals surface area (Å²) in [5.74, 6) is -1.32. The third-order valence-corrected chi connectivity index (χ3v) is 8.72. The first-order valence-corrected chi connectivity index (χ1v) is 14.6. The minimum absolute atomic E-state index is 0.141. The molecule has 2 atom stereocenters. The highest BCUT2D eigenvalue weighted by Crippen LogP contribution is 2.45. The zero-order valence-corrected chi connectivity index (χ0v) is 22.9. The Morgan fingerprint density at radius 1 is 1.10 bits per heavy atom. The first-order valence-electron chi connectivity index (χ1n) is 13.2. The van der Waals surface area contributed by atoms with Crippen LogP contribution in [0.15, 0.2) is 72.1 Å². The summed E-state index contributed by atoms with van der Waals surface area (Å²) in [7, 11) is -4.26. The van der Waals surface area contributed by atoms with Crippen molar-refractivity contribution in [1.82, 2.24) is 14.9 Å². The van der Waals surface area contributed by atoms with Crippen molar-refractivity contribution in [3.05, 3.63) is 72.8 Å². The Morgan fingerprint density at radius 2 is 1.82 bits per heavy atom. The monoisotopic (exact) mass is 553 g/mol. The molecule has 39 heavy (non-hydrogen) atoms. The molecule has 10 heteroatoms. The normalized spacial score (nSPS) is 20.6. The Balaban J connectivity index is 1.41. The lowest BCUT2D eigenvalue weighted by Crippen LogP contribution is -2.54. The van der Waals surface area contributed by atoms with Gasteiger partial charge in [-0.2, -0.15) is 0 Å². The Labute approximate surface area is 229 Å². The fourth-order valence-corrected chi connectivity index (χ4v) is 6.12. The molecule has 0 unspecified atom stereocenters. The van der Waals surface area contributed by atoms with Crippen LogP contribution in [0.5, 0.6) is 5.75 Å². The summed E-state index contributed by atoms with van der Waals surface area (Å²) in [4.78, 5) is 39.7. The molecule has 4 rings (SSSR count). The number of carbonyl (C=O) groups excluding carboxylic acids is 3. The van der Waals surface area contributed by atoms with E-state index >= 15 is 0 Å². The molecule has 0 bridgehead atoms. The Morgan fingerprint density at radius 3 is 2.46 bits per heavy atom. The molecule has 0 radical (unpaired) electrons. The molecule has 0 aliphatic heterocycles. The van der Waals surface area contributed by atoms with Crippen LogP contribution in [-0.2, 0) is 31.0 Å². The Hall–Kier alpha value is -3.66. The predicted molar refractivity (Wildman–Crippen MR) is 146 cm³/mol. The second kappa shape index (κ2) is 12.0. The molecule has 208 valence electrons. The maximum Gasteiger partial charge on any atom is 0.264 e. The fraction of sp³-hybridized carbons (Fsp3) is 0.414. The van der Waals surface area contributed by atoms with Gasteiger partial charge in [-0.3, -0.25) is 14.4 Å². The van der Waals surface area contributed by atoms with E-state index in [1.807, 2.05) is 30.3 Å². The highest BCUT2D eigenvalue weighted by Gasteiger charge is 2.60. The molecule has 0 aromatic heterocycles. The predicted octanol–water partition coefficient (Wildman–Crippen LogP) is 3.17. The lowest BCUT2D eigenvalue weighted by Gasteiger charge is -2.25. The quantitative estimate of drug-likeness (QED) is 0.390. The second-order valence-electron chi connectivity index (χ2n) is 10.3. The van der Waals surface area contributed by atoms with Crippen molar-refractivity contribution in [2.24, 2.45) is 11.8 Å². The molecule has 0 saturated heterocycles. The van der Waals surface area contributed by atoms with E-state index in [0.29, 0.717) is 18.2 Å². The molecule has 2 N–H and O–H groups in total. The minimum Gasteiger partial charge on any atom is -0.489 e. The van der Waals surface area contributed by atoms with E-state index in [2.05, 4.69) is 16.6 Å². The number of carbonyl (C=O) groups is 3. The van der Waals surface area contributed by atoms with Crippen LogP contribution < -0.4 is 14.8 Å². The van der Waals surface area contributed by atoms with Crippen molar-refractivity contribution >= 4 is 27.7 Å². The van der Waals surface area contributed by atoms with E-state index in [0.717, 1.165) is 31.2 Å². The summed E-state index contributed by atoms with van der Waals surface area (Å²) >= 11 is 0. The SMILES string of the molecule is C=C[C@@H]1C[C@]1(NC(=O)CN(CC1CCCC1)C(C)=O)C(=O)NS(=O)(=O)c1cccc(OCc2ccccc2)c1. The maximum absolute atomic E-state index is 13.3. The smallest absolute Gasteiger partial charge is 0.264 e. The molecular weight excluding hydrogens is 518 g/mol. The van der Waals surface area contributed by atoms with Gasteiger partial charge >= 0.3 is 0 Å². The summed E-state index contributed by atoms with van der Waals surface area (Å²) in [6.07, 6.45) is 6.00. The number of sulfonamides is 1. The first-order chi connectivity index (χ1) is 18.6. The largest absolute Gasteiger partial charge is 0.489 e. The third-order valence-electron chi connectivity index (χ3n) is 7.39. The van der Waals surface area contributed by atoms with E-state index in [-0.39, 0.29) is 30.4 Å². The molecule has 2 aromatic carbocycles. The number of amides is 3. The number of nitrogens with zero attached hydrogens (tertiary/aromatic N) is 1. The van der Waals surface area contributed by atoms with Gasteiger partial charge in [0.2, 0.25) is 11.8 Å². The van der Waals surface area contributed by atoms with E-state index in [1.54, 1.807) is 6.07 Å². The first kappa shape index (κ1) is 28.4. The van der Waals surface area contributed by atoms with Gasteiger partial charge < -0.3 is 15.0 Å². The molecular formula is C29H35N3O6S. The summed E-state index contributed by atoms with van der Waals surface area (Å²) in [5, 5.41) is 2.70. The van der Waals surface area contributed by atoms with Crippen molar-refractivity contribution in [3.8, 4) is 5.75 Å². The number of hydrogen-bond acceptors (Lipinski definition) is 6. The summed E-state index contributed by atoms with van der Waals surface area (Å²) in [6.45, 7) is 5.68. The van der Waals surface area contributed by atoms with Gasteiger partial charge in [0.05, 0.1) is 11.4 Å². The molecule has 2 aliphatic rings. The van der Waals surface area contributed by atoms with E-state index < -0.39 is 33.3 Å². The van der Waals surface area contributed by atoms with E-state index in [4.69, 9.17) is 4.74 Å². The molecule has 9 nitrogen and oxygen atoms in total. The Bertz CT molecular complexity index is 1320. The molecule has 2 fully saturated rings. The molecule has 2 saturated carbocycles. The van der Waals surface area contributed by atoms with Gasteiger partial charge in [-0.05, 0) is 42.9 Å². The van der Waals surface area contributed by atoms with Crippen LogP contribution in [-0.4, -0.2) is 49.7 Å². The summed E-state index contributed by atoms with van der Waals surface area (Å²) in [6, 6.07) is 15.3. The number of benzene rings is 2. The molecule has 0 heterocycles. The van der Waals surface area contributed by atoms with Gasteiger partial charge in [-0.25, -0.2) is 13.1 Å². The number of rotatable bonds is 12. The van der Waals surface area contributed by atoms with Gasteiger partial charge in [0.1, 0.15) is 17.9 Å². The van der Waals surface area contributed by atoms with Crippen LogP contribution in [0.2, 0.25) is 0 Å². The Kier molecular flexibility index (Phi) is 8.74. The number of nitrogens with one attached hydrogen (secondary N) is 2. The molecule has 3 amide bonds. The van der Waals surface area contributed by atoms with Crippen molar-refractivity contribution in [2.45, 2.75) is 56.1 Å². The maximum atomic E-state index is 13.3. The van der Waals surface area contributed by atoms with Crippen LogP contribution in [0.1, 0.15) is 44.6 Å². The van der Waals surface area contributed by atoms with Crippen LogP contribution in [0.3, 0.4) is 0 Å². The van der Waals surface area contributed by atoms with Gasteiger partial charge in [-0.1, -0.05) is 55.3 Å². The lowest BCUT2D eigenvalue weighted by molar-refractivity contribution is -0.136. The highest BCUT2D eigenvalue weighted by atomic mass is 32.2. The van der Waals surface area contributed by atoms with E-state index in [9.17, 15) is 22.8 Å². The third kappa shape index (κ3) is 7.06. The zero-order chi connectivity index (χ0) is 28.0. The van der Waals surface area contributed by atoms with Gasteiger partial charge in [0.25, 0.3) is 15.9 Å². The van der Waals surface area contributed by atoms with Crippen LogP contribution in [0.25, 0.3) is 0 Å². The minimum atomic E-state index is -4.26. The molecule has 2 aromatic rings. The van der Waals surface area contributed by atoms with Crippen LogP contribution in [0.4, 0.5) is 0 Å². The van der Waals surface area contributed by atoms with Crippen molar-refractivity contribution < 1.29 is 27.5 Å². The van der Waals surface area contributed by atoms with Crippen LogP contribution >= 0.6 is 0 Å². The highest BCUT2D eigenvalue weighted by molar-refractivity contribution is 7.90. The summed E-state index contributed by atoms with van der Waals surface area (Å²) < 4.78 is 34.1. The number of hydrogen-bond donors (Lipinski definition) is 2. The molecule has 0 spiro atoms. The second-order valence-corrected chi connectivity index (χ2v) is 12.0. The average molecular weight is 554 g/mol. The average Bonchev–Trinajstić information content (AvgIpc) is 3.38. The van der Waals surface area contributed by atoms with Crippen molar-refractivity contribution in [2.75, 3.05) is 13.1 Å². The van der Waals surface area contributed by atoms with Crippen molar-refractivity contribution in [1.29, 1.82) is 0 Å².